The largest absolute Gasteiger partial charge is 0.469 e. The minimum absolute atomic E-state index is 0.596. The van der Waals surface area contributed by atoms with Crippen LogP contribution < -0.4 is 0 Å². The fourth-order valence-corrected chi connectivity index (χ4v) is 3.20. The van der Waals surface area contributed by atoms with Crippen molar-refractivity contribution in [1.82, 2.24) is 0 Å². The molecule has 0 aromatic rings. The van der Waals surface area contributed by atoms with Crippen LogP contribution >= 0.6 is 0 Å². The van der Waals surface area contributed by atoms with Gasteiger partial charge in [0.25, 0.3) is 0 Å². The standard InChI is InChI=1S/2C9H12O6/c2*1-13-7(10)4-5(8(11)14-2)6(4)9(12)15-3/h2*4-6H,1-3H3. The molecule has 12 heteroatoms. The van der Waals surface area contributed by atoms with Crippen LogP contribution in [0.1, 0.15) is 0 Å². The first-order valence-electron chi connectivity index (χ1n) is 8.63. The summed E-state index contributed by atoms with van der Waals surface area (Å²) in [4.78, 5) is 67.2. The van der Waals surface area contributed by atoms with Crippen molar-refractivity contribution in [3.8, 4) is 0 Å². The predicted molar refractivity (Wildman–Crippen MR) is 93.0 cm³/mol. The molecule has 0 heterocycles. The van der Waals surface area contributed by atoms with Crippen LogP contribution in [-0.2, 0) is 57.2 Å². The van der Waals surface area contributed by atoms with E-state index in [0.29, 0.717) is 0 Å². The molecule has 0 bridgehead atoms. The summed E-state index contributed by atoms with van der Waals surface area (Å²) >= 11 is 0. The Balaban J connectivity index is 0.000000300. The van der Waals surface area contributed by atoms with Gasteiger partial charge in [-0.15, -0.1) is 0 Å². The molecule has 0 N–H and O–H groups in total. The number of hydrogen-bond acceptors (Lipinski definition) is 12. The quantitative estimate of drug-likeness (QED) is 0.363. The fourth-order valence-electron chi connectivity index (χ4n) is 3.20. The topological polar surface area (TPSA) is 158 Å². The summed E-state index contributed by atoms with van der Waals surface area (Å²) in [6.45, 7) is 0. The molecule has 0 saturated heterocycles. The van der Waals surface area contributed by atoms with Crippen LogP contribution in [0.2, 0.25) is 0 Å². The molecule has 12 nitrogen and oxygen atoms in total. The van der Waals surface area contributed by atoms with Crippen LogP contribution in [0.5, 0.6) is 0 Å². The van der Waals surface area contributed by atoms with Gasteiger partial charge in [0, 0.05) is 0 Å². The van der Waals surface area contributed by atoms with Crippen LogP contribution in [0.15, 0.2) is 0 Å². The second kappa shape index (κ2) is 10.6. The van der Waals surface area contributed by atoms with Crippen LogP contribution in [0, 0.1) is 35.5 Å². The first kappa shape index (κ1) is 24.9. The van der Waals surface area contributed by atoms with Crippen molar-refractivity contribution in [3.05, 3.63) is 0 Å². The van der Waals surface area contributed by atoms with Gasteiger partial charge in [0.1, 0.15) is 0 Å². The number of carbonyl (C=O) groups is 6. The number of esters is 6. The summed E-state index contributed by atoms with van der Waals surface area (Å²) in [7, 11) is 7.19. The van der Waals surface area contributed by atoms with Gasteiger partial charge in [-0.2, -0.15) is 0 Å². The molecule has 2 fully saturated rings. The lowest BCUT2D eigenvalue weighted by molar-refractivity contribution is -0.148. The monoisotopic (exact) mass is 432 g/mol. The molecule has 0 atom stereocenters. The summed E-state index contributed by atoms with van der Waals surface area (Å²) < 4.78 is 26.8. The molecule has 0 spiro atoms. The van der Waals surface area contributed by atoms with E-state index >= 15 is 0 Å². The summed E-state index contributed by atoms with van der Waals surface area (Å²) in [5.74, 6) is -8.19. The molecule has 0 aromatic carbocycles. The highest BCUT2D eigenvalue weighted by Crippen LogP contribution is 2.49. The Kier molecular flexibility index (Phi) is 8.75. The van der Waals surface area contributed by atoms with Crippen molar-refractivity contribution in [3.63, 3.8) is 0 Å². The summed E-state index contributed by atoms with van der Waals surface area (Å²) in [5.41, 5.74) is 0. The molecule has 2 rings (SSSR count). The lowest BCUT2D eigenvalue weighted by atomic mass is 10.3. The van der Waals surface area contributed by atoms with E-state index in [0.717, 1.165) is 0 Å². The van der Waals surface area contributed by atoms with E-state index in [1.54, 1.807) is 0 Å². The average molecular weight is 432 g/mol. The number of rotatable bonds is 6. The molecule has 30 heavy (non-hydrogen) atoms. The number of carbonyl (C=O) groups excluding carboxylic acids is 6. The SMILES string of the molecule is COC(=O)C1C(C(=O)OC)C1C(=O)OC.COC(=O)C1C(C(=O)OC)C1C(=O)OC. The van der Waals surface area contributed by atoms with E-state index in [1.807, 2.05) is 0 Å². The highest BCUT2D eigenvalue weighted by Gasteiger charge is 2.66. The van der Waals surface area contributed by atoms with Gasteiger partial charge in [-0.3, -0.25) is 28.8 Å². The molecule has 2 aliphatic rings. The van der Waals surface area contributed by atoms with Gasteiger partial charge in [0.2, 0.25) is 0 Å². The van der Waals surface area contributed by atoms with Gasteiger partial charge in [-0.05, 0) is 0 Å². The summed E-state index contributed by atoms with van der Waals surface area (Å²) in [5, 5.41) is 0. The van der Waals surface area contributed by atoms with Crippen molar-refractivity contribution >= 4 is 35.8 Å². The Labute approximate surface area is 172 Å². The Morgan fingerprint density at radius 1 is 0.333 bits per heavy atom. The van der Waals surface area contributed by atoms with Gasteiger partial charge >= 0.3 is 35.8 Å². The van der Waals surface area contributed by atoms with Gasteiger partial charge in [-0.1, -0.05) is 0 Å². The molecule has 2 aliphatic carbocycles. The van der Waals surface area contributed by atoms with Gasteiger partial charge in [-0.25, -0.2) is 0 Å². The number of ether oxygens (including phenoxy) is 6. The van der Waals surface area contributed by atoms with Crippen LogP contribution in [-0.4, -0.2) is 78.5 Å². The van der Waals surface area contributed by atoms with Crippen molar-refractivity contribution in [2.75, 3.05) is 42.7 Å². The van der Waals surface area contributed by atoms with Crippen molar-refractivity contribution in [2.24, 2.45) is 35.5 Å². The van der Waals surface area contributed by atoms with Crippen LogP contribution in [0.25, 0.3) is 0 Å². The third kappa shape index (κ3) is 5.05. The first-order chi connectivity index (χ1) is 14.2. The van der Waals surface area contributed by atoms with Crippen LogP contribution in [0.3, 0.4) is 0 Å². The van der Waals surface area contributed by atoms with Crippen molar-refractivity contribution < 1.29 is 57.2 Å². The Hall–Kier alpha value is -3.18. The molecular formula is C18H24O12. The normalized spacial score (nSPS) is 27.8. The van der Waals surface area contributed by atoms with E-state index in [-0.39, 0.29) is 0 Å². The summed E-state index contributed by atoms with van der Waals surface area (Å²) in [6.07, 6.45) is 0. The Morgan fingerprint density at radius 3 is 0.500 bits per heavy atom. The van der Waals surface area contributed by atoms with E-state index in [2.05, 4.69) is 28.4 Å². The Morgan fingerprint density at radius 2 is 0.433 bits per heavy atom. The zero-order chi connectivity index (χ0) is 23.2. The number of methoxy groups -OCH3 is 6. The second-order valence-electron chi connectivity index (χ2n) is 6.29. The average Bonchev–Trinajstić information content (AvgIpc) is 3.68. The second-order valence-corrected chi connectivity index (χ2v) is 6.29. The van der Waals surface area contributed by atoms with Gasteiger partial charge in [0.15, 0.2) is 0 Å². The van der Waals surface area contributed by atoms with Crippen molar-refractivity contribution in [1.29, 1.82) is 0 Å². The molecule has 0 unspecified atom stereocenters. The van der Waals surface area contributed by atoms with Gasteiger partial charge in [0.05, 0.1) is 78.2 Å². The lowest BCUT2D eigenvalue weighted by Gasteiger charge is -1.95. The fraction of sp³-hybridized carbons (Fsp3) is 0.667. The van der Waals surface area contributed by atoms with Crippen molar-refractivity contribution in [2.45, 2.75) is 0 Å². The molecule has 0 aliphatic heterocycles. The Bertz CT molecular complexity index is 547. The number of hydrogen-bond donors (Lipinski definition) is 0. The van der Waals surface area contributed by atoms with E-state index in [9.17, 15) is 28.8 Å². The highest BCUT2D eigenvalue weighted by molar-refractivity contribution is 5.98. The molecular weight excluding hydrogens is 408 g/mol. The molecule has 0 aromatic heterocycles. The maximum Gasteiger partial charge on any atom is 0.310 e. The predicted octanol–water partition coefficient (Wildman–Crippen LogP) is -1.26. The minimum atomic E-state index is -0.769. The van der Waals surface area contributed by atoms with E-state index in [4.69, 9.17) is 0 Å². The smallest absolute Gasteiger partial charge is 0.310 e. The third-order valence-corrected chi connectivity index (χ3v) is 4.88. The molecule has 2 saturated carbocycles. The third-order valence-electron chi connectivity index (χ3n) is 4.88. The van der Waals surface area contributed by atoms with E-state index < -0.39 is 71.3 Å². The van der Waals surface area contributed by atoms with Crippen LogP contribution in [0.4, 0.5) is 0 Å². The van der Waals surface area contributed by atoms with E-state index in [1.165, 1.54) is 42.7 Å². The zero-order valence-electron chi connectivity index (χ0n) is 17.4. The maximum atomic E-state index is 11.2. The molecule has 0 amide bonds. The summed E-state index contributed by atoms with van der Waals surface area (Å²) in [6, 6.07) is 0. The zero-order valence-corrected chi connectivity index (χ0v) is 17.4. The lowest BCUT2D eigenvalue weighted by Crippen LogP contribution is -2.10. The maximum absolute atomic E-state index is 11.2. The minimum Gasteiger partial charge on any atom is -0.469 e. The highest BCUT2D eigenvalue weighted by atomic mass is 16.6. The van der Waals surface area contributed by atoms with Gasteiger partial charge < -0.3 is 28.4 Å². The first-order valence-corrected chi connectivity index (χ1v) is 8.63. The molecule has 0 radical (unpaired) electrons. The molecule has 168 valence electrons.